The first kappa shape index (κ1) is 51.8. The molecule has 372 valence electrons. The number of anilines is 4. The molecule has 2 N–H and O–H groups in total. The van der Waals surface area contributed by atoms with Crippen molar-refractivity contribution < 1.29 is 33.2 Å². The Bertz CT molecular complexity index is 2400. The van der Waals surface area contributed by atoms with Crippen LogP contribution >= 0.6 is 11.6 Å². The van der Waals surface area contributed by atoms with Crippen LogP contribution < -0.4 is 20.4 Å². The van der Waals surface area contributed by atoms with Crippen molar-refractivity contribution in [2.45, 2.75) is 154 Å². The van der Waals surface area contributed by atoms with Crippen LogP contribution in [0.3, 0.4) is 0 Å². The SMILES string of the molecule is CC(C)c1cccc(C(C)C)c1NC(=O)CN1C(=O)N(c2cccc(Cl)c2)C2(CCCCC2)C1=O.CC(C)c1cccc(C(C)C)c1NC(=O)CN1C(=O)N(c2cccc(F)c2)C2(CCCCC2)C1=O. The van der Waals surface area contributed by atoms with Crippen molar-refractivity contribution >= 4 is 70.0 Å². The third-order valence-electron chi connectivity index (χ3n) is 14.4. The molecule has 0 radical (unpaired) electrons. The Hall–Kier alpha value is -6.08. The fourth-order valence-electron chi connectivity index (χ4n) is 10.9. The van der Waals surface area contributed by atoms with Crippen molar-refractivity contribution in [3.63, 3.8) is 0 Å². The quantitative estimate of drug-likeness (QED) is 0.136. The highest BCUT2D eigenvalue weighted by Gasteiger charge is 2.59. The second-order valence-corrected chi connectivity index (χ2v) is 20.9. The molecule has 8 rings (SSSR count). The van der Waals surface area contributed by atoms with Gasteiger partial charge in [-0.2, -0.15) is 0 Å². The Morgan fingerprint density at radius 1 is 0.529 bits per heavy atom. The van der Waals surface area contributed by atoms with Crippen molar-refractivity contribution in [2.24, 2.45) is 0 Å². The van der Waals surface area contributed by atoms with E-state index in [2.05, 4.69) is 66.0 Å². The molecular formula is C56H68ClFN6O6. The normalized spacial score (nSPS) is 17.7. The van der Waals surface area contributed by atoms with Crippen molar-refractivity contribution in [1.29, 1.82) is 0 Å². The molecule has 2 saturated carbocycles. The van der Waals surface area contributed by atoms with E-state index in [9.17, 15) is 33.2 Å². The first-order chi connectivity index (χ1) is 33.3. The van der Waals surface area contributed by atoms with Gasteiger partial charge in [0, 0.05) is 27.8 Å². The maximum atomic E-state index is 14.1. The predicted molar refractivity (Wildman–Crippen MR) is 275 cm³/mol. The van der Waals surface area contributed by atoms with E-state index in [4.69, 9.17) is 11.6 Å². The van der Waals surface area contributed by atoms with Crippen LogP contribution in [0.15, 0.2) is 84.9 Å². The summed E-state index contributed by atoms with van der Waals surface area (Å²) in [6.45, 7) is 15.9. The van der Waals surface area contributed by atoms with Gasteiger partial charge in [0.15, 0.2) is 0 Å². The van der Waals surface area contributed by atoms with Gasteiger partial charge in [-0.15, -0.1) is 0 Å². The van der Waals surface area contributed by atoms with Crippen LogP contribution in [0, 0.1) is 5.82 Å². The third-order valence-corrected chi connectivity index (χ3v) is 14.6. The van der Waals surface area contributed by atoms with Crippen molar-refractivity contribution in [3.05, 3.63) is 118 Å². The smallest absolute Gasteiger partial charge is 0.324 e. The van der Waals surface area contributed by atoms with E-state index in [0.29, 0.717) is 42.1 Å². The lowest BCUT2D eigenvalue weighted by atomic mass is 9.80. The Balaban J connectivity index is 0.000000206. The molecule has 2 saturated heterocycles. The third kappa shape index (κ3) is 10.2. The van der Waals surface area contributed by atoms with Crippen LogP contribution in [0.25, 0.3) is 0 Å². The number of halogens is 2. The van der Waals surface area contributed by atoms with Gasteiger partial charge in [0.1, 0.15) is 30.0 Å². The van der Waals surface area contributed by atoms with E-state index >= 15 is 0 Å². The zero-order valence-electron chi connectivity index (χ0n) is 41.9. The molecule has 8 amide bonds. The van der Waals surface area contributed by atoms with Gasteiger partial charge in [0.2, 0.25) is 11.8 Å². The molecule has 0 atom stereocenters. The molecular weight excluding hydrogens is 907 g/mol. The maximum Gasteiger partial charge on any atom is 0.332 e. The number of imide groups is 2. The number of rotatable bonds is 12. The van der Waals surface area contributed by atoms with Gasteiger partial charge in [0.25, 0.3) is 11.8 Å². The number of nitrogens with one attached hydrogen (secondary N) is 2. The number of hydrogen-bond acceptors (Lipinski definition) is 6. The lowest BCUT2D eigenvalue weighted by molar-refractivity contribution is -0.134. The van der Waals surface area contributed by atoms with Gasteiger partial charge >= 0.3 is 12.1 Å². The Kier molecular flexibility index (Phi) is 15.9. The summed E-state index contributed by atoms with van der Waals surface area (Å²) in [6, 6.07) is 23.7. The lowest BCUT2D eigenvalue weighted by Gasteiger charge is -2.38. The molecule has 2 spiro atoms. The van der Waals surface area contributed by atoms with Crippen molar-refractivity contribution in [1.82, 2.24) is 9.80 Å². The first-order valence-corrected chi connectivity index (χ1v) is 25.4. The van der Waals surface area contributed by atoms with Gasteiger partial charge in [-0.25, -0.2) is 14.0 Å². The standard InChI is InChI=1S/C28H34ClN3O3.C28H34FN3O3/c2*1-18(2)22-12-9-13-23(19(3)4)25(22)30-24(33)17-31-26(34)28(14-6-5-7-15-28)32(27(31)35)21-11-8-10-20(29)16-21/h2*8-13,16,18-19H,5-7,14-15,17H2,1-4H3,(H,30,33). The minimum absolute atomic E-state index is 0.188. The van der Waals surface area contributed by atoms with E-state index in [0.717, 1.165) is 82.0 Å². The number of amides is 8. The van der Waals surface area contributed by atoms with Gasteiger partial charge in [-0.05, 0) is 108 Å². The summed E-state index contributed by atoms with van der Waals surface area (Å²) in [6.07, 6.45) is 7.47. The van der Waals surface area contributed by atoms with Crippen LogP contribution in [0.1, 0.15) is 166 Å². The van der Waals surface area contributed by atoms with Crippen molar-refractivity contribution in [3.8, 4) is 0 Å². The number of carbonyl (C=O) groups excluding carboxylic acids is 6. The molecule has 2 aliphatic heterocycles. The summed E-state index contributed by atoms with van der Waals surface area (Å²) in [5.74, 6) is -1.14. The summed E-state index contributed by atoms with van der Waals surface area (Å²) in [7, 11) is 0. The highest BCUT2D eigenvalue weighted by atomic mass is 35.5. The molecule has 14 heteroatoms. The number of benzene rings is 4. The van der Waals surface area contributed by atoms with Crippen LogP contribution in [0.4, 0.5) is 36.7 Å². The van der Waals surface area contributed by atoms with E-state index in [1.165, 1.54) is 23.1 Å². The molecule has 0 aromatic heterocycles. The van der Waals surface area contributed by atoms with E-state index < -0.39 is 34.9 Å². The first-order valence-electron chi connectivity index (χ1n) is 25.0. The molecule has 70 heavy (non-hydrogen) atoms. The number of urea groups is 2. The van der Waals surface area contributed by atoms with Crippen LogP contribution in [0.2, 0.25) is 5.02 Å². The van der Waals surface area contributed by atoms with E-state index in [1.807, 2.05) is 36.4 Å². The fourth-order valence-corrected chi connectivity index (χ4v) is 11.1. The second kappa shape index (κ2) is 21.5. The summed E-state index contributed by atoms with van der Waals surface area (Å²) in [5.41, 5.74) is 4.52. The number of carbonyl (C=O) groups is 6. The topological polar surface area (TPSA) is 139 Å². The molecule has 4 fully saturated rings. The van der Waals surface area contributed by atoms with E-state index in [1.54, 1.807) is 35.2 Å². The van der Waals surface area contributed by atoms with Crippen LogP contribution in [-0.4, -0.2) is 69.7 Å². The summed E-state index contributed by atoms with van der Waals surface area (Å²) < 4.78 is 14.1. The Morgan fingerprint density at radius 2 is 0.871 bits per heavy atom. The summed E-state index contributed by atoms with van der Waals surface area (Å²) in [4.78, 5) is 86.3. The van der Waals surface area contributed by atoms with Crippen LogP contribution in [-0.2, 0) is 19.2 Å². The highest BCUT2D eigenvalue weighted by Crippen LogP contribution is 2.45. The highest BCUT2D eigenvalue weighted by molar-refractivity contribution is 6.31. The Labute approximate surface area is 417 Å². The molecule has 0 bridgehead atoms. The van der Waals surface area contributed by atoms with E-state index in [-0.39, 0.29) is 54.5 Å². The fraction of sp³-hybridized carbons (Fsp3) is 0.464. The molecule has 4 aliphatic rings. The van der Waals surface area contributed by atoms with Crippen LogP contribution in [0.5, 0.6) is 0 Å². The number of nitrogens with zero attached hydrogens (tertiary/aromatic N) is 4. The largest absolute Gasteiger partial charge is 0.332 e. The Morgan fingerprint density at radius 3 is 1.21 bits per heavy atom. The van der Waals surface area contributed by atoms with Crippen molar-refractivity contribution in [2.75, 3.05) is 33.5 Å². The molecule has 12 nitrogen and oxygen atoms in total. The average Bonchev–Trinajstić information content (AvgIpc) is 3.62. The minimum Gasteiger partial charge on any atom is -0.324 e. The van der Waals surface area contributed by atoms with Gasteiger partial charge in [0.05, 0.1) is 0 Å². The number of para-hydroxylation sites is 2. The molecule has 2 heterocycles. The zero-order chi connectivity index (χ0) is 50.7. The number of hydrogen-bond donors (Lipinski definition) is 2. The summed E-state index contributed by atoms with van der Waals surface area (Å²) >= 11 is 6.23. The second-order valence-electron chi connectivity index (χ2n) is 20.5. The molecule has 2 aliphatic carbocycles. The minimum atomic E-state index is -1.07. The van der Waals surface area contributed by atoms with Gasteiger partial charge < -0.3 is 10.6 Å². The molecule has 0 unspecified atom stereocenters. The zero-order valence-corrected chi connectivity index (χ0v) is 42.6. The maximum absolute atomic E-state index is 14.1. The van der Waals surface area contributed by atoms with Gasteiger partial charge in [-0.3, -0.25) is 38.8 Å². The lowest BCUT2D eigenvalue weighted by Crippen LogP contribution is -2.51. The summed E-state index contributed by atoms with van der Waals surface area (Å²) in [5, 5.41) is 6.54. The molecule has 4 aromatic carbocycles. The molecule has 4 aromatic rings. The average molecular weight is 976 g/mol. The van der Waals surface area contributed by atoms with Gasteiger partial charge in [-0.1, -0.05) is 154 Å². The predicted octanol–water partition coefficient (Wildman–Crippen LogP) is 12.9. The monoisotopic (exact) mass is 974 g/mol.